The van der Waals surface area contributed by atoms with Crippen LogP contribution in [0.3, 0.4) is 0 Å². The van der Waals surface area contributed by atoms with E-state index < -0.39 is 5.82 Å². The molecule has 1 N–H and O–H groups in total. The number of rotatable bonds is 5. The summed E-state index contributed by atoms with van der Waals surface area (Å²) in [5.74, 6) is -0.946. The molecule has 0 saturated carbocycles. The van der Waals surface area contributed by atoms with E-state index in [0.29, 0.717) is 16.8 Å². The van der Waals surface area contributed by atoms with Gasteiger partial charge in [-0.05, 0) is 42.8 Å². The molecule has 0 spiro atoms. The number of nitrogens with one attached hydrogen (secondary N) is 1. The molecule has 0 unspecified atom stereocenters. The highest BCUT2D eigenvalue weighted by atomic mass is 32.2. The number of carbonyl (C=O) groups is 1. The van der Waals surface area contributed by atoms with Crippen molar-refractivity contribution in [1.29, 1.82) is 0 Å². The Hall–Kier alpha value is -2.74. The van der Waals surface area contributed by atoms with Gasteiger partial charge in [-0.1, -0.05) is 23.9 Å². The van der Waals surface area contributed by atoms with Crippen LogP contribution < -0.4 is 5.32 Å². The smallest absolute Gasteiger partial charge is 0.277 e. The SMILES string of the molecule is Cc1ccc(NC(=O)CSc2nnc(-c3cccc(F)c3)o2)cc1F. The van der Waals surface area contributed by atoms with Gasteiger partial charge in [0.05, 0.1) is 5.75 Å². The summed E-state index contributed by atoms with van der Waals surface area (Å²) in [7, 11) is 0. The summed E-state index contributed by atoms with van der Waals surface area (Å²) in [6, 6.07) is 10.2. The maximum Gasteiger partial charge on any atom is 0.277 e. The lowest BCUT2D eigenvalue weighted by Gasteiger charge is -2.05. The minimum Gasteiger partial charge on any atom is -0.411 e. The molecule has 25 heavy (non-hydrogen) atoms. The van der Waals surface area contributed by atoms with Gasteiger partial charge in [-0.3, -0.25) is 4.79 Å². The number of nitrogens with zero attached hydrogens (tertiary/aromatic N) is 2. The maximum absolute atomic E-state index is 13.5. The summed E-state index contributed by atoms with van der Waals surface area (Å²) in [6.45, 7) is 1.64. The second-order valence-corrected chi connectivity index (χ2v) is 6.11. The second kappa shape index (κ2) is 7.43. The van der Waals surface area contributed by atoms with E-state index in [0.717, 1.165) is 11.8 Å². The highest BCUT2D eigenvalue weighted by Crippen LogP contribution is 2.23. The molecule has 5 nitrogen and oxygen atoms in total. The first-order chi connectivity index (χ1) is 12.0. The number of carbonyl (C=O) groups excluding carboxylic acids is 1. The Bertz CT molecular complexity index is 914. The zero-order valence-corrected chi connectivity index (χ0v) is 13.9. The summed E-state index contributed by atoms with van der Waals surface area (Å²) >= 11 is 1.04. The number of thioether (sulfide) groups is 1. The monoisotopic (exact) mass is 361 g/mol. The van der Waals surface area contributed by atoms with E-state index in [1.807, 2.05) is 0 Å². The lowest BCUT2D eigenvalue weighted by atomic mass is 10.2. The third kappa shape index (κ3) is 4.42. The number of halogens is 2. The molecule has 0 atom stereocenters. The predicted octanol–water partition coefficient (Wildman–Crippen LogP) is 4.05. The molecule has 1 aromatic heterocycles. The van der Waals surface area contributed by atoms with Crippen LogP contribution in [0.5, 0.6) is 0 Å². The molecule has 0 fully saturated rings. The molecule has 3 rings (SSSR count). The molecule has 2 aromatic carbocycles. The fraction of sp³-hybridized carbons (Fsp3) is 0.118. The lowest BCUT2D eigenvalue weighted by molar-refractivity contribution is -0.113. The Morgan fingerprint density at radius 2 is 2.04 bits per heavy atom. The summed E-state index contributed by atoms with van der Waals surface area (Å²) in [6.07, 6.45) is 0. The molecule has 1 heterocycles. The summed E-state index contributed by atoms with van der Waals surface area (Å²) < 4.78 is 32.0. The quantitative estimate of drug-likeness (QED) is 0.694. The Morgan fingerprint density at radius 3 is 2.80 bits per heavy atom. The number of benzene rings is 2. The maximum atomic E-state index is 13.5. The molecule has 8 heteroatoms. The summed E-state index contributed by atoms with van der Waals surface area (Å²) in [5, 5.41) is 10.4. The molecule has 0 aliphatic rings. The van der Waals surface area contributed by atoms with Crippen LogP contribution in [-0.4, -0.2) is 21.9 Å². The normalized spacial score (nSPS) is 10.7. The zero-order valence-electron chi connectivity index (χ0n) is 13.1. The Balaban J connectivity index is 1.58. The molecule has 0 saturated heterocycles. The van der Waals surface area contributed by atoms with Gasteiger partial charge in [-0.25, -0.2) is 8.78 Å². The van der Waals surface area contributed by atoms with Crippen molar-refractivity contribution in [2.24, 2.45) is 0 Å². The van der Waals surface area contributed by atoms with Crippen LogP contribution in [0.1, 0.15) is 5.56 Å². The molecular weight excluding hydrogens is 348 g/mol. The third-order valence-electron chi connectivity index (χ3n) is 3.26. The number of anilines is 1. The van der Waals surface area contributed by atoms with Crippen molar-refractivity contribution in [1.82, 2.24) is 10.2 Å². The van der Waals surface area contributed by atoms with E-state index in [1.165, 1.54) is 24.3 Å². The number of hydrogen-bond acceptors (Lipinski definition) is 5. The van der Waals surface area contributed by atoms with Crippen LogP contribution in [-0.2, 0) is 4.79 Å². The molecule has 128 valence electrons. The van der Waals surface area contributed by atoms with Gasteiger partial charge in [0.2, 0.25) is 11.8 Å². The van der Waals surface area contributed by atoms with Crippen molar-refractivity contribution in [2.45, 2.75) is 12.1 Å². The van der Waals surface area contributed by atoms with Crippen molar-refractivity contribution < 1.29 is 18.0 Å². The van der Waals surface area contributed by atoms with E-state index >= 15 is 0 Å². The van der Waals surface area contributed by atoms with Crippen molar-refractivity contribution in [3.05, 3.63) is 59.7 Å². The highest BCUT2D eigenvalue weighted by Gasteiger charge is 2.12. The predicted molar refractivity (Wildman–Crippen MR) is 90.2 cm³/mol. The molecule has 0 bridgehead atoms. The average molecular weight is 361 g/mol. The number of hydrogen-bond donors (Lipinski definition) is 1. The van der Waals surface area contributed by atoms with Gasteiger partial charge in [0.25, 0.3) is 5.22 Å². The molecule has 3 aromatic rings. The van der Waals surface area contributed by atoms with E-state index in [-0.39, 0.29) is 28.6 Å². The van der Waals surface area contributed by atoms with E-state index in [9.17, 15) is 13.6 Å². The van der Waals surface area contributed by atoms with Gasteiger partial charge in [0, 0.05) is 11.3 Å². The van der Waals surface area contributed by atoms with Gasteiger partial charge in [0.1, 0.15) is 11.6 Å². The molecule has 0 radical (unpaired) electrons. The van der Waals surface area contributed by atoms with E-state index in [4.69, 9.17) is 4.42 Å². The van der Waals surface area contributed by atoms with E-state index in [1.54, 1.807) is 25.1 Å². The van der Waals surface area contributed by atoms with Crippen LogP contribution >= 0.6 is 11.8 Å². The Kier molecular flexibility index (Phi) is 5.08. The first kappa shape index (κ1) is 17.1. The number of amides is 1. The fourth-order valence-corrected chi connectivity index (χ4v) is 2.56. The topological polar surface area (TPSA) is 68.0 Å². The highest BCUT2D eigenvalue weighted by molar-refractivity contribution is 7.99. The van der Waals surface area contributed by atoms with Crippen LogP contribution in [0.2, 0.25) is 0 Å². The van der Waals surface area contributed by atoms with Crippen LogP contribution in [0.4, 0.5) is 14.5 Å². The summed E-state index contributed by atoms with van der Waals surface area (Å²) in [5.41, 5.74) is 1.33. The van der Waals surface area contributed by atoms with Crippen molar-refractivity contribution in [3.8, 4) is 11.5 Å². The lowest BCUT2D eigenvalue weighted by Crippen LogP contribution is -2.14. The average Bonchev–Trinajstić information content (AvgIpc) is 3.05. The largest absolute Gasteiger partial charge is 0.411 e. The van der Waals surface area contributed by atoms with Crippen molar-refractivity contribution in [2.75, 3.05) is 11.1 Å². The Morgan fingerprint density at radius 1 is 1.20 bits per heavy atom. The molecule has 1 amide bonds. The number of aromatic nitrogens is 2. The summed E-state index contributed by atoms with van der Waals surface area (Å²) in [4.78, 5) is 11.9. The second-order valence-electron chi connectivity index (χ2n) is 5.18. The zero-order chi connectivity index (χ0) is 17.8. The molecule has 0 aliphatic heterocycles. The number of aryl methyl sites for hydroxylation is 1. The molecular formula is C17H13F2N3O2S. The van der Waals surface area contributed by atoms with Crippen molar-refractivity contribution >= 4 is 23.4 Å². The van der Waals surface area contributed by atoms with E-state index in [2.05, 4.69) is 15.5 Å². The Labute approximate surface area is 146 Å². The van der Waals surface area contributed by atoms with Gasteiger partial charge in [-0.2, -0.15) is 0 Å². The minimum atomic E-state index is -0.408. The minimum absolute atomic E-state index is 0.0142. The standard InChI is InChI=1S/C17H13F2N3O2S/c1-10-5-6-13(8-14(10)19)20-15(23)9-25-17-22-21-16(24-17)11-3-2-4-12(18)7-11/h2-8H,9H2,1H3,(H,20,23). The van der Waals surface area contributed by atoms with Gasteiger partial charge in [0.15, 0.2) is 0 Å². The van der Waals surface area contributed by atoms with Gasteiger partial charge in [-0.15, -0.1) is 10.2 Å². The van der Waals surface area contributed by atoms with Crippen molar-refractivity contribution in [3.63, 3.8) is 0 Å². The van der Waals surface area contributed by atoms with Crippen LogP contribution in [0, 0.1) is 18.6 Å². The first-order valence-electron chi connectivity index (χ1n) is 7.29. The first-order valence-corrected chi connectivity index (χ1v) is 8.28. The molecule has 0 aliphatic carbocycles. The third-order valence-corrected chi connectivity index (χ3v) is 4.08. The van der Waals surface area contributed by atoms with Crippen LogP contribution in [0.15, 0.2) is 52.1 Å². The van der Waals surface area contributed by atoms with Gasteiger partial charge >= 0.3 is 0 Å². The van der Waals surface area contributed by atoms with Gasteiger partial charge < -0.3 is 9.73 Å². The fourth-order valence-electron chi connectivity index (χ4n) is 2.00. The van der Waals surface area contributed by atoms with Crippen LogP contribution in [0.25, 0.3) is 11.5 Å².